The summed E-state index contributed by atoms with van der Waals surface area (Å²) in [6.07, 6.45) is 4.39. The summed E-state index contributed by atoms with van der Waals surface area (Å²) in [5.41, 5.74) is 0.948. The van der Waals surface area contributed by atoms with Gasteiger partial charge in [0.25, 0.3) is 5.91 Å². The lowest BCUT2D eigenvalue weighted by Crippen LogP contribution is -2.49. The maximum absolute atomic E-state index is 13.3. The molecular formula is C27H23N7O4S. The fourth-order valence-corrected chi connectivity index (χ4v) is 5.77. The first kappa shape index (κ1) is 24.5. The molecule has 0 aliphatic carbocycles. The van der Waals surface area contributed by atoms with Crippen LogP contribution in [-0.2, 0) is 4.79 Å². The Balaban J connectivity index is 1.27. The van der Waals surface area contributed by atoms with Gasteiger partial charge in [0.2, 0.25) is 11.8 Å². The number of piperidine rings is 1. The molecule has 196 valence electrons. The van der Waals surface area contributed by atoms with E-state index in [1.165, 1.54) is 22.3 Å². The van der Waals surface area contributed by atoms with Crippen molar-refractivity contribution in [2.24, 2.45) is 0 Å². The molecule has 0 saturated carbocycles. The van der Waals surface area contributed by atoms with Crippen LogP contribution in [-0.4, -0.2) is 57.1 Å². The van der Waals surface area contributed by atoms with Gasteiger partial charge in [0.1, 0.15) is 15.5 Å². The minimum atomic E-state index is -0.478. The molecule has 2 aliphatic rings. The Morgan fingerprint density at radius 3 is 2.77 bits per heavy atom. The molecule has 1 fully saturated rings. The van der Waals surface area contributed by atoms with Crippen LogP contribution in [0.25, 0.3) is 10.2 Å². The van der Waals surface area contributed by atoms with Gasteiger partial charge in [-0.2, -0.15) is 0 Å². The third-order valence-corrected chi connectivity index (χ3v) is 7.61. The number of para-hydroxylation sites is 1. The van der Waals surface area contributed by atoms with Gasteiger partial charge in [0.15, 0.2) is 5.82 Å². The van der Waals surface area contributed by atoms with Crippen LogP contribution >= 0.6 is 11.3 Å². The van der Waals surface area contributed by atoms with E-state index in [-0.39, 0.29) is 29.6 Å². The Kier molecular flexibility index (Phi) is 6.37. The van der Waals surface area contributed by atoms with Crippen LogP contribution in [0.15, 0.2) is 67.4 Å². The Labute approximate surface area is 227 Å². The Morgan fingerprint density at radius 1 is 1.15 bits per heavy atom. The highest BCUT2D eigenvalue weighted by Crippen LogP contribution is 2.45. The van der Waals surface area contributed by atoms with Crippen molar-refractivity contribution in [3.05, 3.63) is 72.3 Å². The van der Waals surface area contributed by atoms with Crippen molar-refractivity contribution in [2.45, 2.75) is 18.9 Å². The molecule has 0 bridgehead atoms. The number of benzene rings is 1. The van der Waals surface area contributed by atoms with Crippen molar-refractivity contribution >= 4 is 56.6 Å². The lowest BCUT2D eigenvalue weighted by molar-refractivity contribution is -0.127. The summed E-state index contributed by atoms with van der Waals surface area (Å²) >= 11 is 1.20. The number of hydrogen-bond donors (Lipinski definition) is 2. The zero-order valence-corrected chi connectivity index (χ0v) is 21.5. The number of nitrogens with one attached hydrogen (secondary N) is 2. The third-order valence-electron chi connectivity index (χ3n) is 6.52. The molecule has 5 heterocycles. The van der Waals surface area contributed by atoms with E-state index >= 15 is 0 Å². The van der Waals surface area contributed by atoms with Gasteiger partial charge in [-0.3, -0.25) is 9.59 Å². The van der Waals surface area contributed by atoms with Crippen LogP contribution in [0.2, 0.25) is 0 Å². The topological polar surface area (TPSA) is 130 Å². The molecule has 1 saturated heterocycles. The standard InChI is InChI=1S/C27H23N7O4S/c1-2-21(35)33-14-6-7-16(15-33)29-25(36)24-23-22-18(12-13-28-26(22)39-24)34(27(37)30-23)19-10-11-20(32-31-19)38-17-8-4-3-5-9-17/h2-5,8-13,16H,1,6-7,14-15H2,(H,29,36)(H,30,37). The number of urea groups is 1. The monoisotopic (exact) mass is 541 g/mol. The molecule has 0 radical (unpaired) electrons. The molecule has 6 rings (SSSR count). The Hall–Kier alpha value is -4.84. The van der Waals surface area contributed by atoms with Crippen LogP contribution in [0.5, 0.6) is 11.6 Å². The highest BCUT2D eigenvalue weighted by Gasteiger charge is 2.34. The number of carbonyl (C=O) groups excluding carboxylic acids is 3. The average molecular weight is 542 g/mol. The molecule has 11 nitrogen and oxygen atoms in total. The van der Waals surface area contributed by atoms with Gasteiger partial charge < -0.3 is 20.3 Å². The van der Waals surface area contributed by atoms with E-state index < -0.39 is 6.03 Å². The van der Waals surface area contributed by atoms with Gasteiger partial charge in [0.05, 0.1) is 16.8 Å². The summed E-state index contributed by atoms with van der Waals surface area (Å²) in [6.45, 7) is 4.58. The number of amides is 4. The van der Waals surface area contributed by atoms with Crippen molar-refractivity contribution in [1.29, 1.82) is 0 Å². The highest BCUT2D eigenvalue weighted by molar-refractivity contribution is 7.21. The number of nitrogens with zero attached hydrogens (tertiary/aromatic N) is 5. The number of aromatic nitrogens is 3. The van der Waals surface area contributed by atoms with Crippen LogP contribution in [0.1, 0.15) is 22.5 Å². The van der Waals surface area contributed by atoms with E-state index in [2.05, 4.69) is 32.4 Å². The predicted octanol–water partition coefficient (Wildman–Crippen LogP) is 4.47. The van der Waals surface area contributed by atoms with Gasteiger partial charge in [-0.05, 0) is 43.2 Å². The lowest BCUT2D eigenvalue weighted by atomic mass is 10.1. The molecule has 1 aromatic carbocycles. The predicted molar refractivity (Wildman–Crippen MR) is 147 cm³/mol. The van der Waals surface area contributed by atoms with Crippen molar-refractivity contribution in [3.63, 3.8) is 0 Å². The van der Waals surface area contributed by atoms with Gasteiger partial charge in [-0.25, -0.2) is 14.7 Å². The van der Waals surface area contributed by atoms with E-state index in [4.69, 9.17) is 4.74 Å². The molecule has 3 aromatic heterocycles. The molecule has 0 spiro atoms. The largest absolute Gasteiger partial charge is 0.438 e. The van der Waals surface area contributed by atoms with Gasteiger partial charge in [0, 0.05) is 31.4 Å². The second kappa shape index (κ2) is 10.1. The summed E-state index contributed by atoms with van der Waals surface area (Å²) in [5.74, 6) is 0.710. The summed E-state index contributed by atoms with van der Waals surface area (Å²) in [5, 5.41) is 14.8. The van der Waals surface area contributed by atoms with Gasteiger partial charge in [-0.15, -0.1) is 21.5 Å². The lowest BCUT2D eigenvalue weighted by Gasteiger charge is -2.32. The minimum absolute atomic E-state index is 0.158. The fourth-order valence-electron chi connectivity index (χ4n) is 4.74. The van der Waals surface area contributed by atoms with Crippen molar-refractivity contribution in [1.82, 2.24) is 25.4 Å². The van der Waals surface area contributed by atoms with E-state index in [1.807, 2.05) is 18.2 Å². The molecule has 2 N–H and O–H groups in total. The molecule has 12 heteroatoms. The number of anilines is 3. The van der Waals surface area contributed by atoms with Crippen molar-refractivity contribution < 1.29 is 19.1 Å². The quantitative estimate of drug-likeness (QED) is 0.345. The van der Waals surface area contributed by atoms with E-state index in [0.29, 0.717) is 45.3 Å². The fraction of sp³-hybridized carbons (Fsp3) is 0.185. The third kappa shape index (κ3) is 4.66. The van der Waals surface area contributed by atoms with Gasteiger partial charge >= 0.3 is 6.03 Å². The first-order valence-corrected chi connectivity index (χ1v) is 13.1. The minimum Gasteiger partial charge on any atom is -0.438 e. The van der Waals surface area contributed by atoms with Crippen molar-refractivity contribution in [3.8, 4) is 11.6 Å². The molecule has 39 heavy (non-hydrogen) atoms. The van der Waals surface area contributed by atoms with E-state index in [1.54, 1.807) is 41.4 Å². The summed E-state index contributed by atoms with van der Waals surface area (Å²) in [6, 6.07) is 13.5. The van der Waals surface area contributed by atoms with Crippen LogP contribution in [0.4, 0.5) is 22.0 Å². The number of ether oxygens (including phenoxy) is 1. The smallest absolute Gasteiger partial charge is 0.332 e. The molecule has 2 aliphatic heterocycles. The second-order valence-electron chi connectivity index (χ2n) is 9.03. The zero-order valence-electron chi connectivity index (χ0n) is 20.7. The summed E-state index contributed by atoms with van der Waals surface area (Å²) < 4.78 is 5.71. The maximum atomic E-state index is 13.3. The SMILES string of the molecule is C=CC(=O)N1CCCC(NC(=O)c2sc3nccc4c3c2NC(=O)N4c2ccc(Oc3ccccc3)nn2)C1. The number of thiophene rings is 1. The number of pyridine rings is 1. The van der Waals surface area contributed by atoms with Crippen LogP contribution < -0.4 is 20.3 Å². The zero-order chi connectivity index (χ0) is 26.9. The maximum Gasteiger partial charge on any atom is 0.332 e. The van der Waals surface area contributed by atoms with E-state index in [9.17, 15) is 14.4 Å². The van der Waals surface area contributed by atoms with Crippen molar-refractivity contribution in [2.75, 3.05) is 23.3 Å². The molecule has 4 amide bonds. The normalized spacial score (nSPS) is 16.5. The highest BCUT2D eigenvalue weighted by atomic mass is 32.1. The van der Waals surface area contributed by atoms with Crippen LogP contribution in [0, 0.1) is 0 Å². The van der Waals surface area contributed by atoms with Gasteiger partial charge in [-0.1, -0.05) is 24.8 Å². The second-order valence-corrected chi connectivity index (χ2v) is 10.0. The molecule has 4 aromatic rings. The number of rotatable bonds is 6. The molecular weight excluding hydrogens is 518 g/mol. The Bertz CT molecular complexity index is 1590. The number of likely N-dealkylation sites (tertiary alicyclic amines) is 1. The molecule has 1 atom stereocenters. The van der Waals surface area contributed by atoms with E-state index in [0.717, 1.165) is 12.8 Å². The summed E-state index contributed by atoms with van der Waals surface area (Å²) in [4.78, 5) is 47.1. The summed E-state index contributed by atoms with van der Waals surface area (Å²) in [7, 11) is 0. The molecule has 1 unspecified atom stereocenters. The first-order valence-electron chi connectivity index (χ1n) is 12.3. The Morgan fingerprint density at radius 2 is 2.00 bits per heavy atom. The average Bonchev–Trinajstić information content (AvgIpc) is 3.33. The first-order chi connectivity index (χ1) is 19.0. The van der Waals surface area contributed by atoms with Crippen LogP contribution in [0.3, 0.4) is 0 Å². The number of carbonyl (C=O) groups is 3. The number of hydrogen-bond acceptors (Lipinski definition) is 8.